The summed E-state index contributed by atoms with van der Waals surface area (Å²) in [5.41, 5.74) is 0. The zero-order valence-corrected chi connectivity index (χ0v) is 9.32. The molecule has 2 N–H and O–H groups in total. The maximum Gasteiger partial charge on any atom is 0.236 e. The fourth-order valence-electron chi connectivity index (χ4n) is 1.24. The molecule has 6 nitrogen and oxygen atoms in total. The van der Waals surface area contributed by atoms with Crippen molar-refractivity contribution in [2.24, 2.45) is 0 Å². The third-order valence-electron chi connectivity index (χ3n) is 2.20. The first-order valence-electron chi connectivity index (χ1n) is 5.00. The number of nitrogens with zero attached hydrogens (tertiary/aromatic N) is 3. The Morgan fingerprint density at radius 2 is 2.40 bits per heavy atom. The number of hydrogen-bond acceptors (Lipinski definition) is 4. The molecular formula is C9H17N5O. The van der Waals surface area contributed by atoms with Crippen molar-refractivity contribution in [3.05, 3.63) is 12.2 Å². The SMILES string of the molecule is CCn1ncnc1CNC(C)C(=O)NC. The van der Waals surface area contributed by atoms with Crippen LogP contribution in [0.1, 0.15) is 19.7 Å². The van der Waals surface area contributed by atoms with E-state index in [1.807, 2.05) is 13.8 Å². The van der Waals surface area contributed by atoms with E-state index in [1.54, 1.807) is 11.7 Å². The van der Waals surface area contributed by atoms with Crippen LogP contribution in [0.25, 0.3) is 0 Å². The van der Waals surface area contributed by atoms with Crippen LogP contribution in [0.3, 0.4) is 0 Å². The van der Waals surface area contributed by atoms with Gasteiger partial charge in [-0.3, -0.25) is 10.1 Å². The van der Waals surface area contributed by atoms with Crippen molar-refractivity contribution < 1.29 is 4.79 Å². The van der Waals surface area contributed by atoms with Crippen LogP contribution in [0.4, 0.5) is 0 Å². The van der Waals surface area contributed by atoms with Crippen LogP contribution in [0, 0.1) is 0 Å². The van der Waals surface area contributed by atoms with Crippen LogP contribution < -0.4 is 10.6 Å². The van der Waals surface area contributed by atoms with Crippen molar-refractivity contribution in [2.45, 2.75) is 33.0 Å². The Labute approximate surface area is 89.1 Å². The number of likely N-dealkylation sites (N-methyl/N-ethyl adjacent to an activating group) is 1. The molecule has 84 valence electrons. The van der Waals surface area contributed by atoms with Crippen LogP contribution in [0.15, 0.2) is 6.33 Å². The molecule has 1 heterocycles. The average Bonchev–Trinajstić information content (AvgIpc) is 2.71. The maximum absolute atomic E-state index is 11.2. The second-order valence-electron chi connectivity index (χ2n) is 3.21. The lowest BCUT2D eigenvalue weighted by atomic mass is 10.3. The molecule has 1 atom stereocenters. The van der Waals surface area contributed by atoms with Crippen LogP contribution in [-0.2, 0) is 17.9 Å². The topological polar surface area (TPSA) is 71.8 Å². The van der Waals surface area contributed by atoms with Crippen LogP contribution in [0.5, 0.6) is 0 Å². The summed E-state index contributed by atoms with van der Waals surface area (Å²) in [5, 5.41) is 9.70. The van der Waals surface area contributed by atoms with E-state index in [0.717, 1.165) is 12.4 Å². The minimum absolute atomic E-state index is 0.0300. The molecule has 1 aromatic rings. The predicted octanol–water partition coefficient (Wildman–Crippen LogP) is -0.478. The third kappa shape index (κ3) is 3.02. The van der Waals surface area contributed by atoms with Gasteiger partial charge in [0, 0.05) is 13.6 Å². The first-order valence-corrected chi connectivity index (χ1v) is 5.00. The molecule has 1 rings (SSSR count). The maximum atomic E-state index is 11.2. The second kappa shape index (κ2) is 5.45. The van der Waals surface area contributed by atoms with Gasteiger partial charge < -0.3 is 5.32 Å². The number of aryl methyl sites for hydroxylation is 1. The lowest BCUT2D eigenvalue weighted by Gasteiger charge is -2.11. The molecular weight excluding hydrogens is 194 g/mol. The normalized spacial score (nSPS) is 12.5. The zero-order chi connectivity index (χ0) is 11.3. The van der Waals surface area contributed by atoms with Gasteiger partial charge in [0.15, 0.2) is 0 Å². The lowest BCUT2D eigenvalue weighted by Crippen LogP contribution is -2.40. The fourth-order valence-corrected chi connectivity index (χ4v) is 1.24. The highest BCUT2D eigenvalue weighted by molar-refractivity contribution is 5.80. The molecule has 0 aromatic carbocycles. The number of carbonyl (C=O) groups excluding carboxylic acids is 1. The van der Waals surface area contributed by atoms with E-state index < -0.39 is 0 Å². The highest BCUT2D eigenvalue weighted by atomic mass is 16.2. The molecule has 0 fully saturated rings. The minimum Gasteiger partial charge on any atom is -0.358 e. The van der Waals surface area contributed by atoms with E-state index in [9.17, 15) is 4.79 Å². The summed E-state index contributed by atoms with van der Waals surface area (Å²) in [5.74, 6) is 0.811. The van der Waals surface area contributed by atoms with Crippen LogP contribution in [-0.4, -0.2) is 33.8 Å². The monoisotopic (exact) mass is 211 g/mol. The highest BCUT2D eigenvalue weighted by Crippen LogP contribution is 1.94. The van der Waals surface area contributed by atoms with Gasteiger partial charge >= 0.3 is 0 Å². The van der Waals surface area contributed by atoms with Gasteiger partial charge in [0.25, 0.3) is 0 Å². The molecule has 1 amide bonds. The van der Waals surface area contributed by atoms with Crippen molar-refractivity contribution in [1.29, 1.82) is 0 Å². The third-order valence-corrected chi connectivity index (χ3v) is 2.20. The first-order chi connectivity index (χ1) is 7.19. The Kier molecular flexibility index (Phi) is 4.23. The highest BCUT2D eigenvalue weighted by Gasteiger charge is 2.11. The average molecular weight is 211 g/mol. The van der Waals surface area contributed by atoms with Crippen molar-refractivity contribution in [2.75, 3.05) is 7.05 Å². The number of nitrogens with one attached hydrogen (secondary N) is 2. The molecule has 1 unspecified atom stereocenters. The summed E-state index contributed by atoms with van der Waals surface area (Å²) in [6, 6.07) is -0.225. The molecule has 0 bridgehead atoms. The standard InChI is InChI=1S/C9H17N5O/c1-4-14-8(12-6-13-14)5-11-7(2)9(15)10-3/h6-7,11H,4-5H2,1-3H3,(H,10,15). The molecule has 6 heteroatoms. The van der Waals surface area contributed by atoms with Crippen molar-refractivity contribution >= 4 is 5.91 Å². The summed E-state index contributed by atoms with van der Waals surface area (Å²) in [4.78, 5) is 15.3. The molecule has 0 saturated carbocycles. The number of hydrogen-bond donors (Lipinski definition) is 2. The van der Waals surface area contributed by atoms with Crippen LogP contribution >= 0.6 is 0 Å². The Morgan fingerprint density at radius 1 is 1.67 bits per heavy atom. The molecule has 15 heavy (non-hydrogen) atoms. The fraction of sp³-hybridized carbons (Fsp3) is 0.667. The zero-order valence-electron chi connectivity index (χ0n) is 9.32. The number of rotatable bonds is 5. The molecule has 0 spiro atoms. The van der Waals surface area contributed by atoms with Crippen molar-refractivity contribution in [3.8, 4) is 0 Å². The van der Waals surface area contributed by atoms with E-state index in [0.29, 0.717) is 6.54 Å². The Morgan fingerprint density at radius 3 is 3.00 bits per heavy atom. The van der Waals surface area contributed by atoms with Gasteiger partial charge in [-0.25, -0.2) is 9.67 Å². The molecule has 0 aliphatic heterocycles. The lowest BCUT2D eigenvalue weighted by molar-refractivity contribution is -0.122. The van der Waals surface area contributed by atoms with Crippen LogP contribution in [0.2, 0.25) is 0 Å². The molecule has 1 aromatic heterocycles. The summed E-state index contributed by atoms with van der Waals surface area (Å²) in [6.07, 6.45) is 1.52. The first kappa shape index (κ1) is 11.6. The van der Waals surface area contributed by atoms with E-state index in [4.69, 9.17) is 0 Å². The van der Waals surface area contributed by atoms with Gasteiger partial charge in [-0.1, -0.05) is 0 Å². The van der Waals surface area contributed by atoms with Gasteiger partial charge in [0.05, 0.1) is 12.6 Å². The Hall–Kier alpha value is -1.43. The number of aromatic nitrogens is 3. The Bertz CT molecular complexity index is 322. The molecule has 0 aliphatic carbocycles. The Balaban J connectivity index is 2.46. The summed E-state index contributed by atoms with van der Waals surface area (Å²) in [7, 11) is 1.62. The summed E-state index contributed by atoms with van der Waals surface area (Å²) >= 11 is 0. The summed E-state index contributed by atoms with van der Waals surface area (Å²) < 4.78 is 1.80. The number of amides is 1. The number of carbonyl (C=O) groups is 1. The largest absolute Gasteiger partial charge is 0.358 e. The van der Waals surface area contributed by atoms with Crippen molar-refractivity contribution in [3.63, 3.8) is 0 Å². The van der Waals surface area contributed by atoms with Gasteiger partial charge in [0.1, 0.15) is 12.2 Å². The predicted molar refractivity (Wildman–Crippen MR) is 56.1 cm³/mol. The van der Waals surface area contributed by atoms with Gasteiger partial charge in [-0.2, -0.15) is 5.10 Å². The molecule has 0 aliphatic rings. The second-order valence-corrected chi connectivity index (χ2v) is 3.21. The smallest absolute Gasteiger partial charge is 0.236 e. The van der Waals surface area contributed by atoms with E-state index in [-0.39, 0.29) is 11.9 Å². The van der Waals surface area contributed by atoms with Gasteiger partial charge in [-0.05, 0) is 13.8 Å². The van der Waals surface area contributed by atoms with Gasteiger partial charge in [0.2, 0.25) is 5.91 Å². The molecule has 0 radical (unpaired) electrons. The molecule has 0 saturated heterocycles. The van der Waals surface area contributed by atoms with E-state index >= 15 is 0 Å². The quantitative estimate of drug-likeness (QED) is 0.690. The van der Waals surface area contributed by atoms with E-state index in [2.05, 4.69) is 20.7 Å². The van der Waals surface area contributed by atoms with E-state index in [1.165, 1.54) is 6.33 Å². The van der Waals surface area contributed by atoms with Crippen molar-refractivity contribution in [1.82, 2.24) is 25.4 Å². The minimum atomic E-state index is -0.225. The summed E-state index contributed by atoms with van der Waals surface area (Å²) in [6.45, 7) is 5.14. The van der Waals surface area contributed by atoms with Gasteiger partial charge in [-0.15, -0.1) is 0 Å².